The van der Waals surface area contributed by atoms with Crippen molar-refractivity contribution in [3.63, 3.8) is 0 Å². The molecule has 0 aliphatic heterocycles. The number of nitrogens with one attached hydrogen (secondary N) is 2. The molecule has 10 nitrogen and oxygen atoms in total. The van der Waals surface area contributed by atoms with Crippen molar-refractivity contribution in [2.75, 3.05) is 23.7 Å². The smallest absolute Gasteiger partial charge is 0.353 e. The van der Waals surface area contributed by atoms with Crippen LogP contribution in [0.25, 0.3) is 0 Å². The number of benzene rings is 2. The third-order valence-corrected chi connectivity index (χ3v) is 7.15. The average molecular weight is 491 g/mol. The molecule has 2 aromatic carbocycles. The molecule has 0 saturated heterocycles. The van der Waals surface area contributed by atoms with E-state index in [1.54, 1.807) is 38.1 Å². The fraction of sp³-hybridized carbons (Fsp3) is 0.238. The Balaban J connectivity index is 1.82. The van der Waals surface area contributed by atoms with E-state index in [0.29, 0.717) is 30.3 Å². The lowest BCUT2D eigenvalue weighted by Gasteiger charge is -2.18. The minimum absolute atomic E-state index is 0.0204. The second-order valence-electron chi connectivity index (χ2n) is 6.90. The summed E-state index contributed by atoms with van der Waals surface area (Å²) in [4.78, 5) is 19.3. The van der Waals surface area contributed by atoms with Crippen LogP contribution in [0.3, 0.4) is 0 Å². The lowest BCUT2D eigenvalue weighted by atomic mass is 10.2. The molecule has 0 aliphatic rings. The van der Waals surface area contributed by atoms with Gasteiger partial charge in [-0.25, -0.2) is 18.4 Å². The van der Waals surface area contributed by atoms with E-state index in [9.17, 15) is 18.5 Å². The highest BCUT2D eigenvalue weighted by Crippen LogP contribution is 2.32. The maximum absolute atomic E-state index is 12.6. The van der Waals surface area contributed by atoms with Crippen molar-refractivity contribution >= 4 is 44.6 Å². The van der Waals surface area contributed by atoms with Crippen LogP contribution in [0.15, 0.2) is 59.8 Å². The van der Waals surface area contributed by atoms with Crippen molar-refractivity contribution in [2.45, 2.75) is 25.3 Å². The first kappa shape index (κ1) is 24.4. The van der Waals surface area contributed by atoms with E-state index in [2.05, 4.69) is 20.6 Å². The predicted octanol–water partition coefficient (Wildman–Crippen LogP) is 4.42. The summed E-state index contributed by atoms with van der Waals surface area (Å²) < 4.78 is 26.6. The second-order valence-corrected chi connectivity index (χ2v) is 9.27. The van der Waals surface area contributed by atoms with Gasteiger partial charge in [-0.3, -0.25) is 10.1 Å². The molecule has 33 heavy (non-hydrogen) atoms. The van der Waals surface area contributed by atoms with Gasteiger partial charge in [0.05, 0.1) is 9.82 Å². The highest BCUT2D eigenvalue weighted by molar-refractivity contribution is 7.89. The number of hydrogen-bond acceptors (Lipinski definition) is 8. The first-order chi connectivity index (χ1) is 15.8. The van der Waals surface area contributed by atoms with Crippen LogP contribution in [0.5, 0.6) is 0 Å². The Morgan fingerprint density at radius 2 is 1.61 bits per heavy atom. The summed E-state index contributed by atoms with van der Waals surface area (Å²) in [5, 5.41) is 18.2. The molecule has 2 N–H and O–H groups in total. The number of aromatic nitrogens is 2. The highest BCUT2D eigenvalue weighted by Gasteiger charge is 2.24. The Bertz CT molecular complexity index is 1220. The standard InChI is InChI=1S/C21H23ClN6O4S/c1-3-27(4-2)33(31,32)18-11-9-17(10-12-18)26-21-19(28(29)30)20(24-14-25-21)23-13-15-5-7-16(22)8-6-15/h5-12,14H,3-4,13H2,1-2H3,(H2,23,24,25,26). The molecule has 174 valence electrons. The summed E-state index contributed by atoms with van der Waals surface area (Å²) >= 11 is 5.88. The van der Waals surface area contributed by atoms with Gasteiger partial charge in [-0.05, 0) is 42.0 Å². The van der Waals surface area contributed by atoms with Gasteiger partial charge >= 0.3 is 5.69 Å². The first-order valence-electron chi connectivity index (χ1n) is 10.1. The van der Waals surface area contributed by atoms with E-state index in [-0.39, 0.29) is 22.2 Å². The van der Waals surface area contributed by atoms with E-state index in [4.69, 9.17) is 11.6 Å². The Labute approximate surface area is 196 Å². The molecule has 0 aliphatic carbocycles. The number of sulfonamides is 1. The number of hydrogen-bond donors (Lipinski definition) is 2. The molecule has 0 radical (unpaired) electrons. The van der Waals surface area contributed by atoms with E-state index in [1.807, 2.05) is 0 Å². The highest BCUT2D eigenvalue weighted by atomic mass is 35.5. The number of anilines is 3. The van der Waals surface area contributed by atoms with Gasteiger partial charge in [-0.1, -0.05) is 37.6 Å². The van der Waals surface area contributed by atoms with Crippen LogP contribution in [-0.2, 0) is 16.6 Å². The molecule has 0 unspecified atom stereocenters. The predicted molar refractivity (Wildman–Crippen MR) is 127 cm³/mol. The molecule has 1 heterocycles. The fourth-order valence-corrected chi connectivity index (χ4v) is 4.70. The molecule has 0 saturated carbocycles. The summed E-state index contributed by atoms with van der Waals surface area (Å²) in [5.41, 5.74) is 0.983. The van der Waals surface area contributed by atoms with Gasteiger partial charge in [0.25, 0.3) is 0 Å². The molecule has 12 heteroatoms. The van der Waals surface area contributed by atoms with Gasteiger partial charge in [-0.2, -0.15) is 4.31 Å². The zero-order valence-corrected chi connectivity index (χ0v) is 19.6. The van der Waals surface area contributed by atoms with Crippen molar-refractivity contribution in [3.8, 4) is 0 Å². The molecule has 1 aromatic heterocycles. The average Bonchev–Trinajstić information content (AvgIpc) is 2.79. The lowest BCUT2D eigenvalue weighted by Crippen LogP contribution is -2.30. The Hall–Kier alpha value is -3.28. The third-order valence-electron chi connectivity index (χ3n) is 4.84. The minimum Gasteiger partial charge on any atom is -0.360 e. The van der Waals surface area contributed by atoms with Gasteiger partial charge < -0.3 is 10.6 Å². The number of nitro groups is 1. The summed E-state index contributed by atoms with van der Waals surface area (Å²) in [5.74, 6) is 0.0288. The third kappa shape index (κ3) is 5.75. The SMILES string of the molecule is CCN(CC)S(=O)(=O)c1ccc(Nc2ncnc(NCc3ccc(Cl)cc3)c2[N+](=O)[O-])cc1. The Morgan fingerprint density at radius 3 is 2.18 bits per heavy atom. The first-order valence-corrected chi connectivity index (χ1v) is 11.9. The Morgan fingerprint density at radius 1 is 1.00 bits per heavy atom. The van der Waals surface area contributed by atoms with Gasteiger partial charge in [-0.15, -0.1) is 0 Å². The summed E-state index contributed by atoms with van der Waals surface area (Å²) in [6, 6.07) is 13.0. The molecule has 0 bridgehead atoms. The summed E-state index contributed by atoms with van der Waals surface area (Å²) in [6.07, 6.45) is 1.21. The van der Waals surface area contributed by atoms with Crippen LogP contribution in [0, 0.1) is 10.1 Å². The molecule has 0 spiro atoms. The quantitative estimate of drug-likeness (QED) is 0.315. The monoisotopic (exact) mass is 490 g/mol. The topological polar surface area (TPSA) is 130 Å². The van der Waals surface area contributed by atoms with Crippen molar-refractivity contribution in [2.24, 2.45) is 0 Å². The number of halogens is 1. The van der Waals surface area contributed by atoms with Gasteiger partial charge in [0.1, 0.15) is 6.33 Å². The van der Waals surface area contributed by atoms with Crippen molar-refractivity contribution < 1.29 is 13.3 Å². The van der Waals surface area contributed by atoms with Crippen LogP contribution in [0.1, 0.15) is 19.4 Å². The van der Waals surface area contributed by atoms with Crippen LogP contribution in [0.4, 0.5) is 23.0 Å². The van der Waals surface area contributed by atoms with E-state index in [0.717, 1.165) is 5.56 Å². The van der Waals surface area contributed by atoms with Crippen LogP contribution in [0.2, 0.25) is 5.02 Å². The largest absolute Gasteiger partial charge is 0.360 e. The van der Waals surface area contributed by atoms with Crippen molar-refractivity contribution in [1.82, 2.24) is 14.3 Å². The molecule has 3 rings (SSSR count). The Kier molecular flexibility index (Phi) is 7.79. The maximum Gasteiger partial charge on any atom is 0.353 e. The van der Waals surface area contributed by atoms with Crippen LogP contribution >= 0.6 is 11.6 Å². The summed E-state index contributed by atoms with van der Waals surface area (Å²) in [7, 11) is -3.60. The zero-order valence-electron chi connectivity index (χ0n) is 18.0. The summed E-state index contributed by atoms with van der Waals surface area (Å²) in [6.45, 7) is 4.55. The molecule has 0 atom stereocenters. The minimum atomic E-state index is -3.60. The molecule has 0 amide bonds. The number of rotatable bonds is 10. The second kappa shape index (κ2) is 10.6. The lowest BCUT2D eigenvalue weighted by molar-refractivity contribution is -0.383. The maximum atomic E-state index is 12.6. The van der Waals surface area contributed by atoms with E-state index >= 15 is 0 Å². The molecular formula is C21H23ClN6O4S. The van der Waals surface area contributed by atoms with Crippen LogP contribution < -0.4 is 10.6 Å². The van der Waals surface area contributed by atoms with Crippen molar-refractivity contribution in [3.05, 3.63) is 75.6 Å². The molecule has 3 aromatic rings. The van der Waals surface area contributed by atoms with Crippen molar-refractivity contribution in [1.29, 1.82) is 0 Å². The van der Waals surface area contributed by atoms with Crippen LogP contribution in [-0.4, -0.2) is 40.7 Å². The normalized spacial score (nSPS) is 11.4. The van der Waals surface area contributed by atoms with Gasteiger partial charge in [0, 0.05) is 30.3 Å². The van der Waals surface area contributed by atoms with E-state index in [1.165, 1.54) is 34.9 Å². The fourth-order valence-electron chi connectivity index (χ4n) is 3.12. The van der Waals surface area contributed by atoms with E-state index < -0.39 is 14.9 Å². The number of nitrogens with zero attached hydrogens (tertiary/aromatic N) is 4. The van der Waals surface area contributed by atoms with Gasteiger partial charge in [0.15, 0.2) is 0 Å². The zero-order chi connectivity index (χ0) is 24.0. The van der Waals surface area contributed by atoms with Gasteiger partial charge in [0.2, 0.25) is 21.7 Å². The molecular weight excluding hydrogens is 468 g/mol. The molecule has 0 fully saturated rings.